The van der Waals surface area contributed by atoms with Gasteiger partial charge in [-0.3, -0.25) is 9.59 Å². The van der Waals surface area contributed by atoms with Gasteiger partial charge in [-0.25, -0.2) is 0 Å². The fraction of sp³-hybridized carbons (Fsp3) is 0.619. The minimum atomic E-state index is -0.444. The van der Waals surface area contributed by atoms with Crippen molar-refractivity contribution in [3.05, 3.63) is 35.4 Å². The van der Waals surface area contributed by atoms with Crippen molar-refractivity contribution in [1.82, 2.24) is 9.80 Å². The molecule has 6 nitrogen and oxygen atoms in total. The SMILES string of the molecule is Cc1cccc(C(=O)N2CCC(C(=O)N3CCC4(CC3)OCCO4)CC2)c1. The Balaban J connectivity index is 1.29. The molecule has 0 N–H and O–H groups in total. The van der Waals surface area contributed by atoms with Gasteiger partial charge in [-0.15, -0.1) is 0 Å². The molecule has 1 aromatic rings. The van der Waals surface area contributed by atoms with Gasteiger partial charge in [0.15, 0.2) is 5.79 Å². The maximum atomic E-state index is 12.9. The molecule has 0 unspecified atom stereocenters. The average molecular weight is 372 g/mol. The number of carbonyl (C=O) groups excluding carboxylic acids is 2. The molecule has 27 heavy (non-hydrogen) atoms. The van der Waals surface area contributed by atoms with E-state index in [9.17, 15) is 9.59 Å². The molecule has 0 aliphatic carbocycles. The van der Waals surface area contributed by atoms with E-state index in [-0.39, 0.29) is 17.7 Å². The third-order valence-electron chi connectivity index (χ3n) is 6.05. The van der Waals surface area contributed by atoms with Gasteiger partial charge in [-0.2, -0.15) is 0 Å². The zero-order chi connectivity index (χ0) is 18.9. The van der Waals surface area contributed by atoms with E-state index in [0.29, 0.717) is 39.4 Å². The van der Waals surface area contributed by atoms with Crippen molar-refractivity contribution in [2.24, 2.45) is 5.92 Å². The summed E-state index contributed by atoms with van der Waals surface area (Å²) in [6.45, 7) is 5.98. The molecule has 146 valence electrons. The van der Waals surface area contributed by atoms with Crippen LogP contribution in [-0.4, -0.2) is 66.8 Å². The lowest BCUT2D eigenvalue weighted by atomic mass is 9.93. The smallest absolute Gasteiger partial charge is 0.253 e. The van der Waals surface area contributed by atoms with Gasteiger partial charge in [-0.1, -0.05) is 17.7 Å². The lowest BCUT2D eigenvalue weighted by Gasteiger charge is -2.40. The lowest BCUT2D eigenvalue weighted by molar-refractivity contribution is -0.188. The molecule has 0 radical (unpaired) electrons. The Kier molecular flexibility index (Phi) is 5.19. The number of benzene rings is 1. The molecule has 0 atom stereocenters. The van der Waals surface area contributed by atoms with Gasteiger partial charge in [0.1, 0.15) is 0 Å². The molecule has 3 fully saturated rings. The van der Waals surface area contributed by atoms with Crippen LogP contribution in [0.4, 0.5) is 0 Å². The first-order valence-electron chi connectivity index (χ1n) is 9.99. The van der Waals surface area contributed by atoms with Crippen LogP contribution in [0.15, 0.2) is 24.3 Å². The molecule has 6 heteroatoms. The summed E-state index contributed by atoms with van der Waals surface area (Å²) in [5, 5.41) is 0. The van der Waals surface area contributed by atoms with Crippen molar-refractivity contribution in [2.75, 3.05) is 39.4 Å². The Hall–Kier alpha value is -1.92. The topological polar surface area (TPSA) is 59.1 Å². The molecule has 1 spiro atoms. The van der Waals surface area contributed by atoms with Crippen LogP contribution in [0.25, 0.3) is 0 Å². The van der Waals surface area contributed by atoms with Crippen LogP contribution in [0.1, 0.15) is 41.6 Å². The third-order valence-corrected chi connectivity index (χ3v) is 6.05. The molecular formula is C21H28N2O4. The fourth-order valence-electron chi connectivity index (χ4n) is 4.40. The highest BCUT2D eigenvalue weighted by Gasteiger charge is 2.42. The number of ether oxygens (including phenoxy) is 2. The Morgan fingerprint density at radius 2 is 1.67 bits per heavy atom. The highest BCUT2D eigenvalue weighted by Crippen LogP contribution is 2.32. The van der Waals surface area contributed by atoms with Gasteiger partial charge >= 0.3 is 0 Å². The Bertz CT molecular complexity index is 696. The van der Waals surface area contributed by atoms with Crippen molar-refractivity contribution in [1.29, 1.82) is 0 Å². The highest BCUT2D eigenvalue weighted by atomic mass is 16.7. The fourth-order valence-corrected chi connectivity index (χ4v) is 4.40. The molecule has 3 aliphatic rings. The van der Waals surface area contributed by atoms with E-state index < -0.39 is 5.79 Å². The third kappa shape index (κ3) is 3.87. The Morgan fingerprint density at radius 1 is 1.00 bits per heavy atom. The second-order valence-electron chi connectivity index (χ2n) is 7.87. The number of nitrogens with zero attached hydrogens (tertiary/aromatic N) is 2. The number of rotatable bonds is 2. The highest BCUT2D eigenvalue weighted by molar-refractivity contribution is 5.94. The molecular weight excluding hydrogens is 344 g/mol. The summed E-state index contributed by atoms with van der Waals surface area (Å²) in [4.78, 5) is 29.4. The molecule has 0 saturated carbocycles. The first-order chi connectivity index (χ1) is 13.1. The van der Waals surface area contributed by atoms with Gasteiger partial charge < -0.3 is 19.3 Å². The molecule has 3 aliphatic heterocycles. The summed E-state index contributed by atoms with van der Waals surface area (Å²) in [5.41, 5.74) is 1.82. The minimum absolute atomic E-state index is 0.0195. The van der Waals surface area contributed by atoms with Gasteiger partial charge in [0, 0.05) is 50.5 Å². The van der Waals surface area contributed by atoms with E-state index >= 15 is 0 Å². The maximum absolute atomic E-state index is 12.9. The molecule has 2 amide bonds. The van der Waals surface area contributed by atoms with E-state index in [1.807, 2.05) is 41.0 Å². The summed E-state index contributed by atoms with van der Waals surface area (Å²) in [7, 11) is 0. The van der Waals surface area contributed by atoms with Crippen molar-refractivity contribution in [3.8, 4) is 0 Å². The summed E-state index contributed by atoms with van der Waals surface area (Å²) < 4.78 is 11.5. The number of aryl methyl sites for hydroxylation is 1. The van der Waals surface area contributed by atoms with E-state index in [1.54, 1.807) is 0 Å². The quantitative estimate of drug-likeness (QED) is 0.799. The summed E-state index contributed by atoms with van der Waals surface area (Å²) >= 11 is 0. The molecule has 1 aromatic carbocycles. The van der Waals surface area contributed by atoms with Gasteiger partial charge in [0.25, 0.3) is 5.91 Å². The predicted octanol–water partition coefficient (Wildman–Crippen LogP) is 2.21. The van der Waals surface area contributed by atoms with Crippen LogP contribution in [-0.2, 0) is 14.3 Å². The number of carbonyl (C=O) groups is 2. The Labute approximate surface area is 160 Å². The van der Waals surface area contributed by atoms with E-state index in [1.165, 1.54) is 0 Å². The molecule has 0 bridgehead atoms. The monoisotopic (exact) mass is 372 g/mol. The van der Waals surface area contributed by atoms with Crippen molar-refractivity contribution >= 4 is 11.8 Å². The molecule has 4 rings (SSSR count). The zero-order valence-corrected chi connectivity index (χ0v) is 16.0. The first kappa shape index (κ1) is 18.4. The van der Waals surface area contributed by atoms with Crippen LogP contribution >= 0.6 is 0 Å². The number of amides is 2. The number of piperidine rings is 2. The number of likely N-dealkylation sites (tertiary alicyclic amines) is 2. The van der Waals surface area contributed by atoms with Crippen LogP contribution in [0.5, 0.6) is 0 Å². The van der Waals surface area contributed by atoms with Crippen LogP contribution in [0.2, 0.25) is 0 Å². The normalized spacial score (nSPS) is 23.0. The van der Waals surface area contributed by atoms with E-state index in [0.717, 1.165) is 36.8 Å². The molecule has 3 saturated heterocycles. The van der Waals surface area contributed by atoms with Crippen molar-refractivity contribution in [3.63, 3.8) is 0 Å². The van der Waals surface area contributed by atoms with Crippen molar-refractivity contribution in [2.45, 2.75) is 38.4 Å². The number of hydrogen-bond acceptors (Lipinski definition) is 4. The predicted molar refractivity (Wildman–Crippen MR) is 100 cm³/mol. The van der Waals surface area contributed by atoms with Crippen molar-refractivity contribution < 1.29 is 19.1 Å². The zero-order valence-electron chi connectivity index (χ0n) is 16.0. The Morgan fingerprint density at radius 3 is 2.30 bits per heavy atom. The second kappa shape index (κ2) is 7.60. The van der Waals surface area contributed by atoms with Gasteiger partial charge in [-0.05, 0) is 31.9 Å². The number of hydrogen-bond donors (Lipinski definition) is 0. The van der Waals surface area contributed by atoms with E-state index in [2.05, 4.69) is 0 Å². The lowest BCUT2D eigenvalue weighted by Crippen LogP contribution is -2.50. The van der Waals surface area contributed by atoms with Crippen LogP contribution in [0, 0.1) is 12.8 Å². The summed E-state index contributed by atoms with van der Waals surface area (Å²) in [6.07, 6.45) is 2.99. The second-order valence-corrected chi connectivity index (χ2v) is 7.87. The van der Waals surface area contributed by atoms with Gasteiger partial charge in [0.05, 0.1) is 13.2 Å². The maximum Gasteiger partial charge on any atom is 0.253 e. The summed E-state index contributed by atoms with van der Waals surface area (Å²) in [5.74, 6) is -0.128. The molecule has 0 aromatic heterocycles. The van der Waals surface area contributed by atoms with Crippen LogP contribution < -0.4 is 0 Å². The van der Waals surface area contributed by atoms with E-state index in [4.69, 9.17) is 9.47 Å². The van der Waals surface area contributed by atoms with Gasteiger partial charge in [0.2, 0.25) is 5.91 Å². The van der Waals surface area contributed by atoms with Crippen LogP contribution in [0.3, 0.4) is 0 Å². The average Bonchev–Trinajstić information content (AvgIpc) is 3.15. The minimum Gasteiger partial charge on any atom is -0.347 e. The standard InChI is InChI=1S/C21H28N2O4/c1-16-3-2-4-18(15-16)20(25)22-9-5-17(6-10-22)19(24)23-11-7-21(8-12-23)26-13-14-27-21/h2-4,15,17H,5-14H2,1H3. The largest absolute Gasteiger partial charge is 0.347 e. The first-order valence-corrected chi connectivity index (χ1v) is 9.99. The molecule has 3 heterocycles. The summed E-state index contributed by atoms with van der Waals surface area (Å²) in [6, 6.07) is 7.70.